The van der Waals surface area contributed by atoms with Gasteiger partial charge in [-0.3, -0.25) is 4.79 Å². The minimum Gasteiger partial charge on any atom is -0.342 e. The summed E-state index contributed by atoms with van der Waals surface area (Å²) in [5, 5.41) is 0. The summed E-state index contributed by atoms with van der Waals surface area (Å²) in [5.74, 6) is 0.174. The average Bonchev–Trinajstić information content (AvgIpc) is 2.22. The summed E-state index contributed by atoms with van der Waals surface area (Å²) in [6.07, 6.45) is 6.17. The van der Waals surface area contributed by atoms with Crippen LogP contribution < -0.4 is 0 Å². The predicted octanol–water partition coefficient (Wildman–Crippen LogP) is 3.04. The predicted molar refractivity (Wildman–Crippen MR) is 61.7 cm³/mol. The standard InChI is InChI=1S/C11H22ClNO/c1-3-5-6-7-8-9-13(4-2)11(14)10-12/h3-10H2,1-2H3. The normalized spacial score (nSPS) is 10.2. The van der Waals surface area contributed by atoms with Crippen LogP contribution in [0.4, 0.5) is 0 Å². The van der Waals surface area contributed by atoms with E-state index in [1.807, 2.05) is 11.8 Å². The molecule has 0 saturated carbocycles. The molecule has 0 rings (SSSR count). The van der Waals surface area contributed by atoms with Gasteiger partial charge in [-0.25, -0.2) is 0 Å². The summed E-state index contributed by atoms with van der Waals surface area (Å²) in [4.78, 5) is 13.1. The van der Waals surface area contributed by atoms with E-state index in [0.29, 0.717) is 0 Å². The lowest BCUT2D eigenvalue weighted by Crippen LogP contribution is -2.32. The molecule has 0 bridgehead atoms. The Morgan fingerprint density at radius 1 is 1.14 bits per heavy atom. The van der Waals surface area contributed by atoms with Crippen molar-refractivity contribution in [2.75, 3.05) is 19.0 Å². The van der Waals surface area contributed by atoms with Crippen molar-refractivity contribution in [1.29, 1.82) is 0 Å². The van der Waals surface area contributed by atoms with Crippen molar-refractivity contribution in [2.24, 2.45) is 0 Å². The first-order valence-electron chi connectivity index (χ1n) is 5.60. The van der Waals surface area contributed by atoms with Crippen LogP contribution in [-0.4, -0.2) is 29.8 Å². The zero-order valence-corrected chi connectivity index (χ0v) is 10.1. The molecule has 0 spiro atoms. The van der Waals surface area contributed by atoms with Crippen molar-refractivity contribution in [3.63, 3.8) is 0 Å². The number of hydrogen-bond donors (Lipinski definition) is 0. The third kappa shape index (κ3) is 6.25. The van der Waals surface area contributed by atoms with Crippen molar-refractivity contribution in [1.82, 2.24) is 4.90 Å². The molecule has 0 heterocycles. The van der Waals surface area contributed by atoms with E-state index < -0.39 is 0 Å². The number of unbranched alkanes of at least 4 members (excludes halogenated alkanes) is 4. The summed E-state index contributed by atoms with van der Waals surface area (Å²) < 4.78 is 0. The first-order valence-corrected chi connectivity index (χ1v) is 6.13. The van der Waals surface area contributed by atoms with Crippen LogP contribution in [0, 0.1) is 0 Å². The SMILES string of the molecule is CCCCCCCN(CC)C(=O)CCl. The lowest BCUT2D eigenvalue weighted by atomic mass is 10.1. The number of carbonyl (C=O) groups excluding carboxylic acids is 1. The number of halogens is 1. The average molecular weight is 220 g/mol. The van der Waals surface area contributed by atoms with Gasteiger partial charge in [0.15, 0.2) is 0 Å². The summed E-state index contributed by atoms with van der Waals surface area (Å²) in [5.41, 5.74) is 0. The van der Waals surface area contributed by atoms with Gasteiger partial charge in [0.2, 0.25) is 5.91 Å². The van der Waals surface area contributed by atoms with Crippen LogP contribution >= 0.6 is 11.6 Å². The molecule has 0 aliphatic heterocycles. The van der Waals surface area contributed by atoms with E-state index in [0.717, 1.165) is 19.5 Å². The molecular formula is C11H22ClNO. The summed E-state index contributed by atoms with van der Waals surface area (Å²) >= 11 is 5.50. The van der Waals surface area contributed by atoms with Gasteiger partial charge in [-0.2, -0.15) is 0 Å². The molecule has 0 unspecified atom stereocenters. The molecule has 0 aliphatic carbocycles. The number of nitrogens with zero attached hydrogens (tertiary/aromatic N) is 1. The van der Waals surface area contributed by atoms with Crippen LogP contribution in [0.25, 0.3) is 0 Å². The van der Waals surface area contributed by atoms with Gasteiger partial charge in [-0.1, -0.05) is 32.6 Å². The number of carbonyl (C=O) groups is 1. The van der Waals surface area contributed by atoms with Gasteiger partial charge in [0.25, 0.3) is 0 Å². The van der Waals surface area contributed by atoms with Gasteiger partial charge >= 0.3 is 0 Å². The Kier molecular flexibility index (Phi) is 9.16. The van der Waals surface area contributed by atoms with E-state index in [2.05, 4.69) is 6.92 Å². The fourth-order valence-electron chi connectivity index (χ4n) is 1.45. The van der Waals surface area contributed by atoms with Crippen LogP contribution in [0.15, 0.2) is 0 Å². The van der Waals surface area contributed by atoms with Crippen molar-refractivity contribution < 1.29 is 4.79 Å². The molecular weight excluding hydrogens is 198 g/mol. The van der Waals surface area contributed by atoms with E-state index in [9.17, 15) is 4.79 Å². The molecule has 0 aliphatic rings. The van der Waals surface area contributed by atoms with Gasteiger partial charge in [0, 0.05) is 13.1 Å². The van der Waals surface area contributed by atoms with Crippen LogP contribution in [-0.2, 0) is 4.79 Å². The molecule has 0 saturated heterocycles. The monoisotopic (exact) mass is 219 g/mol. The topological polar surface area (TPSA) is 20.3 Å². The number of alkyl halides is 1. The molecule has 84 valence electrons. The summed E-state index contributed by atoms with van der Waals surface area (Å²) in [6, 6.07) is 0. The van der Waals surface area contributed by atoms with E-state index in [4.69, 9.17) is 11.6 Å². The van der Waals surface area contributed by atoms with Gasteiger partial charge in [-0.05, 0) is 13.3 Å². The number of hydrogen-bond acceptors (Lipinski definition) is 1. The Bertz CT molecular complexity index is 150. The Labute approximate surface area is 92.6 Å². The van der Waals surface area contributed by atoms with E-state index in [-0.39, 0.29) is 11.8 Å². The maximum atomic E-state index is 11.3. The van der Waals surface area contributed by atoms with Gasteiger partial charge in [0.05, 0.1) is 0 Å². The lowest BCUT2D eigenvalue weighted by molar-refractivity contribution is -0.128. The molecule has 0 N–H and O–H groups in total. The minimum atomic E-state index is 0.0599. The van der Waals surface area contributed by atoms with E-state index in [1.54, 1.807) is 0 Å². The zero-order valence-electron chi connectivity index (χ0n) is 9.39. The first kappa shape index (κ1) is 13.8. The smallest absolute Gasteiger partial charge is 0.237 e. The Morgan fingerprint density at radius 2 is 1.79 bits per heavy atom. The van der Waals surface area contributed by atoms with Gasteiger partial charge in [-0.15, -0.1) is 11.6 Å². The van der Waals surface area contributed by atoms with Crippen LogP contribution in [0.2, 0.25) is 0 Å². The molecule has 0 aromatic carbocycles. The maximum Gasteiger partial charge on any atom is 0.237 e. The Morgan fingerprint density at radius 3 is 2.29 bits per heavy atom. The molecule has 14 heavy (non-hydrogen) atoms. The third-order valence-electron chi connectivity index (χ3n) is 2.38. The maximum absolute atomic E-state index is 11.3. The fraction of sp³-hybridized carbons (Fsp3) is 0.909. The molecule has 0 radical (unpaired) electrons. The third-order valence-corrected chi connectivity index (χ3v) is 2.61. The molecule has 0 atom stereocenters. The van der Waals surface area contributed by atoms with Crippen LogP contribution in [0.3, 0.4) is 0 Å². The quantitative estimate of drug-likeness (QED) is 0.454. The van der Waals surface area contributed by atoms with E-state index in [1.165, 1.54) is 25.7 Å². The largest absolute Gasteiger partial charge is 0.342 e. The number of rotatable bonds is 8. The lowest BCUT2D eigenvalue weighted by Gasteiger charge is -2.19. The highest BCUT2D eigenvalue weighted by Gasteiger charge is 2.08. The molecule has 0 fully saturated rings. The molecule has 2 nitrogen and oxygen atoms in total. The van der Waals surface area contributed by atoms with Gasteiger partial charge < -0.3 is 4.90 Å². The second-order valence-electron chi connectivity index (χ2n) is 3.52. The van der Waals surface area contributed by atoms with E-state index >= 15 is 0 Å². The Balaban J connectivity index is 3.48. The first-order chi connectivity index (χ1) is 6.76. The molecule has 3 heteroatoms. The highest BCUT2D eigenvalue weighted by Crippen LogP contribution is 2.04. The van der Waals surface area contributed by atoms with Gasteiger partial charge in [0.1, 0.15) is 5.88 Å². The van der Waals surface area contributed by atoms with Crippen molar-refractivity contribution in [3.8, 4) is 0 Å². The van der Waals surface area contributed by atoms with Crippen molar-refractivity contribution in [3.05, 3.63) is 0 Å². The second-order valence-corrected chi connectivity index (χ2v) is 3.79. The summed E-state index contributed by atoms with van der Waals surface area (Å²) in [7, 11) is 0. The Hall–Kier alpha value is -0.240. The van der Waals surface area contributed by atoms with Crippen LogP contribution in [0.1, 0.15) is 46.0 Å². The molecule has 0 aromatic rings. The highest BCUT2D eigenvalue weighted by molar-refractivity contribution is 6.27. The highest BCUT2D eigenvalue weighted by atomic mass is 35.5. The molecule has 0 aromatic heterocycles. The van der Waals surface area contributed by atoms with Crippen molar-refractivity contribution >= 4 is 17.5 Å². The molecule has 1 amide bonds. The van der Waals surface area contributed by atoms with Crippen molar-refractivity contribution in [2.45, 2.75) is 46.0 Å². The van der Waals surface area contributed by atoms with Crippen LogP contribution in [0.5, 0.6) is 0 Å². The minimum absolute atomic E-state index is 0.0599. The summed E-state index contributed by atoms with van der Waals surface area (Å²) in [6.45, 7) is 5.84. The zero-order chi connectivity index (χ0) is 10.8. The second kappa shape index (κ2) is 9.32. The fourth-order valence-corrected chi connectivity index (χ4v) is 1.62. The number of amides is 1.